The van der Waals surface area contributed by atoms with Crippen LogP contribution >= 0.6 is 0 Å². The Morgan fingerprint density at radius 2 is 2.31 bits per heavy atom. The first kappa shape index (κ1) is 8.00. The van der Waals surface area contributed by atoms with Crippen molar-refractivity contribution in [2.75, 3.05) is 0 Å². The minimum absolute atomic E-state index is 0.590. The number of pyridine rings is 1. The Balaban J connectivity index is 2.13. The van der Waals surface area contributed by atoms with Gasteiger partial charge in [0.2, 0.25) is 0 Å². The van der Waals surface area contributed by atoms with Crippen LogP contribution in [0.25, 0.3) is 0 Å². The fourth-order valence-corrected chi connectivity index (χ4v) is 0.953. The molecule has 2 nitrogen and oxygen atoms in total. The molecule has 1 heterocycles. The molecule has 0 saturated heterocycles. The summed E-state index contributed by atoms with van der Waals surface area (Å²) in [6, 6.07) is 3.51. The lowest BCUT2D eigenvalue weighted by atomic mass is 10.2. The second kappa shape index (κ2) is 3.40. The summed E-state index contributed by atoms with van der Waals surface area (Å²) in [4.78, 5) is 14.4. The SMILES string of the molecule is O=Cc1ccc(C#CC2CC2)nc1. The molecule has 1 aromatic heterocycles. The van der Waals surface area contributed by atoms with E-state index in [4.69, 9.17) is 0 Å². The largest absolute Gasteiger partial charge is 0.298 e. The van der Waals surface area contributed by atoms with E-state index in [0.29, 0.717) is 11.5 Å². The van der Waals surface area contributed by atoms with Crippen LogP contribution in [-0.4, -0.2) is 11.3 Å². The predicted octanol–water partition coefficient (Wildman–Crippen LogP) is 1.66. The number of carbonyl (C=O) groups is 1. The van der Waals surface area contributed by atoms with E-state index >= 15 is 0 Å². The van der Waals surface area contributed by atoms with Crippen molar-refractivity contribution < 1.29 is 4.79 Å². The smallest absolute Gasteiger partial charge is 0.151 e. The third-order valence-corrected chi connectivity index (χ3v) is 1.90. The van der Waals surface area contributed by atoms with Crippen LogP contribution in [0.4, 0.5) is 0 Å². The van der Waals surface area contributed by atoms with Gasteiger partial charge in [-0.2, -0.15) is 0 Å². The maximum Gasteiger partial charge on any atom is 0.151 e. The van der Waals surface area contributed by atoms with Gasteiger partial charge in [-0.3, -0.25) is 4.79 Å². The van der Waals surface area contributed by atoms with Crippen LogP contribution in [-0.2, 0) is 0 Å². The van der Waals surface area contributed by atoms with Crippen LogP contribution in [0.15, 0.2) is 18.3 Å². The number of carbonyl (C=O) groups excluding carboxylic acids is 1. The molecule has 1 aliphatic carbocycles. The lowest BCUT2D eigenvalue weighted by Gasteiger charge is -1.89. The Kier molecular flexibility index (Phi) is 2.09. The van der Waals surface area contributed by atoms with Gasteiger partial charge in [0.05, 0.1) is 0 Å². The summed E-state index contributed by atoms with van der Waals surface area (Å²) in [7, 11) is 0. The van der Waals surface area contributed by atoms with E-state index in [-0.39, 0.29) is 0 Å². The fourth-order valence-electron chi connectivity index (χ4n) is 0.953. The van der Waals surface area contributed by atoms with Crippen molar-refractivity contribution in [3.05, 3.63) is 29.6 Å². The zero-order valence-electron chi connectivity index (χ0n) is 7.16. The van der Waals surface area contributed by atoms with Gasteiger partial charge in [0.15, 0.2) is 6.29 Å². The molecule has 2 rings (SSSR count). The highest BCUT2D eigenvalue weighted by Crippen LogP contribution is 2.27. The predicted molar refractivity (Wildman–Crippen MR) is 49.2 cm³/mol. The molecule has 0 N–H and O–H groups in total. The number of hydrogen-bond acceptors (Lipinski definition) is 2. The van der Waals surface area contributed by atoms with Crippen molar-refractivity contribution in [1.82, 2.24) is 4.98 Å². The van der Waals surface area contributed by atoms with Crippen molar-refractivity contribution >= 4 is 6.29 Å². The topological polar surface area (TPSA) is 30.0 Å². The van der Waals surface area contributed by atoms with Crippen molar-refractivity contribution in [2.45, 2.75) is 12.8 Å². The number of aldehydes is 1. The Hall–Kier alpha value is -1.62. The van der Waals surface area contributed by atoms with Crippen LogP contribution in [0.1, 0.15) is 28.9 Å². The fraction of sp³-hybridized carbons (Fsp3) is 0.273. The molecule has 64 valence electrons. The quantitative estimate of drug-likeness (QED) is 0.475. The molecule has 0 bridgehead atoms. The molecule has 1 fully saturated rings. The van der Waals surface area contributed by atoms with Crippen LogP contribution in [0.5, 0.6) is 0 Å². The molecular weight excluding hydrogens is 162 g/mol. The molecule has 2 heteroatoms. The van der Waals surface area contributed by atoms with Crippen LogP contribution in [0.2, 0.25) is 0 Å². The third kappa shape index (κ3) is 2.16. The zero-order chi connectivity index (χ0) is 9.10. The summed E-state index contributed by atoms with van der Waals surface area (Å²) < 4.78 is 0. The molecule has 0 aromatic carbocycles. The highest BCUT2D eigenvalue weighted by Gasteiger charge is 2.17. The normalized spacial score (nSPS) is 14.5. The van der Waals surface area contributed by atoms with E-state index in [0.717, 1.165) is 12.0 Å². The van der Waals surface area contributed by atoms with Gasteiger partial charge in [0, 0.05) is 17.7 Å². The van der Waals surface area contributed by atoms with E-state index in [1.165, 1.54) is 12.8 Å². The standard InChI is InChI=1S/C11H9NO/c13-8-10-4-6-11(12-7-10)5-3-9-1-2-9/h4,6-9H,1-2H2. The molecule has 13 heavy (non-hydrogen) atoms. The average Bonchev–Trinajstić information content (AvgIpc) is 2.99. The second-order valence-corrected chi connectivity index (χ2v) is 3.14. The van der Waals surface area contributed by atoms with Gasteiger partial charge >= 0.3 is 0 Å². The molecule has 0 spiro atoms. The molecule has 0 aliphatic heterocycles. The van der Waals surface area contributed by atoms with E-state index in [1.54, 1.807) is 18.3 Å². The average molecular weight is 171 g/mol. The van der Waals surface area contributed by atoms with Gasteiger partial charge in [-0.1, -0.05) is 5.92 Å². The van der Waals surface area contributed by atoms with Gasteiger partial charge in [0.25, 0.3) is 0 Å². The molecule has 0 atom stereocenters. The Labute approximate surface area is 77.0 Å². The van der Waals surface area contributed by atoms with Crippen molar-refractivity contribution in [3.8, 4) is 11.8 Å². The summed E-state index contributed by atoms with van der Waals surface area (Å²) >= 11 is 0. The van der Waals surface area contributed by atoms with Gasteiger partial charge in [-0.05, 0) is 30.9 Å². The molecule has 0 radical (unpaired) electrons. The maximum atomic E-state index is 10.3. The van der Waals surface area contributed by atoms with E-state index in [9.17, 15) is 4.79 Å². The monoisotopic (exact) mass is 171 g/mol. The van der Waals surface area contributed by atoms with E-state index < -0.39 is 0 Å². The highest BCUT2D eigenvalue weighted by atomic mass is 16.1. The summed E-state index contributed by atoms with van der Waals surface area (Å²) in [5.41, 5.74) is 1.34. The van der Waals surface area contributed by atoms with Crippen molar-refractivity contribution in [2.24, 2.45) is 5.92 Å². The molecule has 1 aromatic rings. The second-order valence-electron chi connectivity index (χ2n) is 3.14. The lowest BCUT2D eigenvalue weighted by Crippen LogP contribution is -1.85. The summed E-state index contributed by atoms with van der Waals surface area (Å²) in [6.07, 6.45) is 4.77. The van der Waals surface area contributed by atoms with Gasteiger partial charge in [-0.15, -0.1) is 0 Å². The first-order valence-corrected chi connectivity index (χ1v) is 4.31. The van der Waals surface area contributed by atoms with E-state index in [1.807, 2.05) is 0 Å². The molecule has 0 amide bonds. The number of rotatable bonds is 1. The van der Waals surface area contributed by atoms with Crippen molar-refractivity contribution in [1.29, 1.82) is 0 Å². The number of hydrogen-bond donors (Lipinski definition) is 0. The highest BCUT2D eigenvalue weighted by molar-refractivity contribution is 5.74. The lowest BCUT2D eigenvalue weighted by molar-refractivity contribution is 0.112. The Morgan fingerprint density at radius 1 is 1.46 bits per heavy atom. The third-order valence-electron chi connectivity index (χ3n) is 1.90. The number of aromatic nitrogens is 1. The van der Waals surface area contributed by atoms with Crippen LogP contribution in [0.3, 0.4) is 0 Å². The minimum Gasteiger partial charge on any atom is -0.298 e. The van der Waals surface area contributed by atoms with Crippen LogP contribution < -0.4 is 0 Å². The molecular formula is C11H9NO. The summed E-state index contributed by atoms with van der Waals surface area (Å²) in [5, 5.41) is 0. The summed E-state index contributed by atoms with van der Waals surface area (Å²) in [5.74, 6) is 6.68. The maximum absolute atomic E-state index is 10.3. The van der Waals surface area contributed by atoms with Crippen LogP contribution in [0, 0.1) is 17.8 Å². The van der Waals surface area contributed by atoms with Crippen molar-refractivity contribution in [3.63, 3.8) is 0 Å². The Morgan fingerprint density at radius 3 is 2.85 bits per heavy atom. The number of nitrogens with zero attached hydrogens (tertiary/aromatic N) is 1. The van der Waals surface area contributed by atoms with Gasteiger partial charge in [-0.25, -0.2) is 4.98 Å². The van der Waals surface area contributed by atoms with Gasteiger partial charge in [0.1, 0.15) is 5.69 Å². The molecule has 0 unspecified atom stereocenters. The first-order valence-electron chi connectivity index (χ1n) is 4.31. The molecule has 1 aliphatic rings. The van der Waals surface area contributed by atoms with Gasteiger partial charge < -0.3 is 0 Å². The zero-order valence-corrected chi connectivity index (χ0v) is 7.16. The Bertz CT molecular complexity index is 365. The minimum atomic E-state index is 0.590. The molecule has 1 saturated carbocycles. The van der Waals surface area contributed by atoms with E-state index in [2.05, 4.69) is 16.8 Å². The summed E-state index contributed by atoms with van der Waals surface area (Å²) in [6.45, 7) is 0. The first-order chi connectivity index (χ1) is 6.38.